The quantitative estimate of drug-likeness (QED) is 0.285. The number of rotatable bonds is 7. The van der Waals surface area contributed by atoms with Crippen LogP contribution in [0.4, 0.5) is 0 Å². The van der Waals surface area contributed by atoms with Crippen molar-refractivity contribution in [1.82, 2.24) is 15.1 Å². The van der Waals surface area contributed by atoms with Gasteiger partial charge in [0.15, 0.2) is 5.96 Å². The smallest absolute Gasteiger partial charge is 0.188 e. The Kier molecular flexibility index (Phi) is 11.1. The lowest BCUT2D eigenvalue weighted by molar-refractivity contribution is 0.269. The molecule has 3 N–H and O–H groups in total. The van der Waals surface area contributed by atoms with Crippen LogP contribution in [0, 0.1) is 0 Å². The monoisotopic (exact) mass is 459 g/mol. The lowest BCUT2D eigenvalue weighted by atomic mass is 10.1. The molecule has 1 aromatic rings. The highest BCUT2D eigenvalue weighted by Crippen LogP contribution is 2.10. The minimum Gasteiger partial charge on any atom is -0.370 e. The number of halogens is 1. The molecule has 25 heavy (non-hydrogen) atoms. The molecular formula is C19H34IN5. The van der Waals surface area contributed by atoms with Gasteiger partial charge < -0.3 is 16.0 Å². The summed E-state index contributed by atoms with van der Waals surface area (Å²) in [4.78, 5) is 9.36. The Hall–Kier alpha value is -0.860. The van der Waals surface area contributed by atoms with Crippen molar-refractivity contribution in [2.75, 3.05) is 39.8 Å². The highest BCUT2D eigenvalue weighted by molar-refractivity contribution is 14.0. The number of likely N-dealkylation sites (N-methyl/N-ethyl adjacent to an activating group) is 1. The Labute approximate surface area is 170 Å². The summed E-state index contributed by atoms with van der Waals surface area (Å²) in [6, 6.07) is 8.78. The Bertz CT molecular complexity index is 503. The molecule has 0 aliphatic carbocycles. The fourth-order valence-corrected chi connectivity index (χ4v) is 2.89. The number of nitrogens with zero attached hydrogens (tertiary/aromatic N) is 3. The van der Waals surface area contributed by atoms with Crippen LogP contribution in [0.5, 0.6) is 0 Å². The molecule has 0 saturated carbocycles. The SMILES string of the molecule is CCCCNC(N)=NCc1ccc(CN2CCCN(C)CC2)cc1.I. The van der Waals surface area contributed by atoms with Gasteiger partial charge in [0.1, 0.15) is 0 Å². The number of hydrogen-bond acceptors (Lipinski definition) is 3. The largest absolute Gasteiger partial charge is 0.370 e. The summed E-state index contributed by atoms with van der Waals surface area (Å²) >= 11 is 0. The third-order valence-electron chi connectivity index (χ3n) is 4.51. The van der Waals surface area contributed by atoms with Gasteiger partial charge in [-0.3, -0.25) is 4.90 Å². The molecule has 1 fully saturated rings. The maximum Gasteiger partial charge on any atom is 0.188 e. The van der Waals surface area contributed by atoms with Crippen LogP contribution in [0.15, 0.2) is 29.3 Å². The number of benzene rings is 1. The van der Waals surface area contributed by atoms with Crippen LogP contribution < -0.4 is 11.1 Å². The fourth-order valence-electron chi connectivity index (χ4n) is 2.89. The molecular weight excluding hydrogens is 425 g/mol. The summed E-state index contributed by atoms with van der Waals surface area (Å²) in [5.74, 6) is 0.543. The predicted molar refractivity (Wildman–Crippen MR) is 117 cm³/mol. The maximum atomic E-state index is 5.87. The minimum absolute atomic E-state index is 0. The summed E-state index contributed by atoms with van der Waals surface area (Å²) in [7, 11) is 2.21. The molecule has 0 atom stereocenters. The average molecular weight is 459 g/mol. The molecule has 0 bridgehead atoms. The molecule has 5 nitrogen and oxygen atoms in total. The molecule has 1 heterocycles. The van der Waals surface area contributed by atoms with Crippen LogP contribution in [0.3, 0.4) is 0 Å². The first kappa shape index (κ1) is 22.2. The third-order valence-corrected chi connectivity index (χ3v) is 4.51. The first-order valence-corrected chi connectivity index (χ1v) is 9.20. The van der Waals surface area contributed by atoms with Gasteiger partial charge >= 0.3 is 0 Å². The van der Waals surface area contributed by atoms with Crippen molar-refractivity contribution in [3.63, 3.8) is 0 Å². The highest BCUT2D eigenvalue weighted by Gasteiger charge is 2.12. The van der Waals surface area contributed by atoms with E-state index in [0.717, 1.165) is 39.0 Å². The molecule has 1 aliphatic heterocycles. The normalized spacial score (nSPS) is 17.0. The number of hydrogen-bond donors (Lipinski definition) is 2. The second-order valence-electron chi connectivity index (χ2n) is 6.73. The molecule has 1 aliphatic rings. The van der Waals surface area contributed by atoms with Gasteiger partial charge in [-0.2, -0.15) is 0 Å². The zero-order valence-electron chi connectivity index (χ0n) is 15.7. The van der Waals surface area contributed by atoms with Crippen LogP contribution in [-0.4, -0.2) is 55.5 Å². The third kappa shape index (κ3) is 8.87. The Morgan fingerprint density at radius 3 is 2.56 bits per heavy atom. The van der Waals surface area contributed by atoms with Crippen LogP contribution in [0.1, 0.15) is 37.3 Å². The van der Waals surface area contributed by atoms with E-state index in [0.29, 0.717) is 12.5 Å². The van der Waals surface area contributed by atoms with Crippen molar-refractivity contribution in [1.29, 1.82) is 0 Å². The van der Waals surface area contributed by atoms with Gasteiger partial charge in [-0.25, -0.2) is 4.99 Å². The van der Waals surface area contributed by atoms with Crippen LogP contribution in [0.2, 0.25) is 0 Å². The van der Waals surface area contributed by atoms with Gasteiger partial charge in [0, 0.05) is 26.2 Å². The number of aliphatic imine (C=N–C) groups is 1. The second kappa shape index (κ2) is 12.5. The summed E-state index contributed by atoms with van der Waals surface area (Å²) in [5.41, 5.74) is 8.45. The van der Waals surface area contributed by atoms with Crippen LogP contribution in [-0.2, 0) is 13.1 Å². The highest BCUT2D eigenvalue weighted by atomic mass is 127. The predicted octanol–water partition coefficient (Wildman–Crippen LogP) is 2.65. The number of nitrogens with one attached hydrogen (secondary N) is 1. The van der Waals surface area contributed by atoms with E-state index in [4.69, 9.17) is 5.73 Å². The van der Waals surface area contributed by atoms with Gasteiger partial charge in [0.25, 0.3) is 0 Å². The summed E-state index contributed by atoms with van der Waals surface area (Å²) < 4.78 is 0. The Morgan fingerprint density at radius 1 is 1.12 bits per heavy atom. The Balaban J connectivity index is 0.00000312. The average Bonchev–Trinajstić information content (AvgIpc) is 2.79. The van der Waals surface area contributed by atoms with E-state index in [2.05, 4.69) is 58.3 Å². The van der Waals surface area contributed by atoms with E-state index < -0.39 is 0 Å². The lowest BCUT2D eigenvalue weighted by Gasteiger charge is -2.20. The van der Waals surface area contributed by atoms with E-state index >= 15 is 0 Å². The van der Waals surface area contributed by atoms with Crippen molar-refractivity contribution < 1.29 is 0 Å². The number of nitrogens with two attached hydrogens (primary N) is 1. The van der Waals surface area contributed by atoms with Gasteiger partial charge in [-0.05, 0) is 44.1 Å². The van der Waals surface area contributed by atoms with E-state index in [1.165, 1.54) is 30.6 Å². The van der Waals surface area contributed by atoms with E-state index in [9.17, 15) is 0 Å². The molecule has 2 rings (SSSR count). The van der Waals surface area contributed by atoms with Gasteiger partial charge in [-0.1, -0.05) is 37.6 Å². The lowest BCUT2D eigenvalue weighted by Crippen LogP contribution is -2.32. The fraction of sp³-hybridized carbons (Fsp3) is 0.632. The summed E-state index contributed by atoms with van der Waals surface area (Å²) in [6.07, 6.45) is 3.54. The zero-order valence-corrected chi connectivity index (χ0v) is 18.0. The standard InChI is InChI=1S/C19H33N5.HI/c1-3-4-10-21-19(20)22-15-17-6-8-18(9-7-17)16-24-12-5-11-23(2)13-14-24;/h6-9H,3-5,10-16H2,1-2H3,(H3,20,21,22);1H. The van der Waals surface area contributed by atoms with Gasteiger partial charge in [-0.15, -0.1) is 24.0 Å². The molecule has 0 radical (unpaired) electrons. The van der Waals surface area contributed by atoms with E-state index in [1.807, 2.05) is 0 Å². The zero-order chi connectivity index (χ0) is 17.2. The second-order valence-corrected chi connectivity index (χ2v) is 6.73. The number of guanidine groups is 1. The van der Waals surface area contributed by atoms with Gasteiger partial charge in [0.2, 0.25) is 0 Å². The summed E-state index contributed by atoms with van der Waals surface area (Å²) in [6.45, 7) is 9.46. The van der Waals surface area contributed by atoms with Crippen LogP contribution in [0.25, 0.3) is 0 Å². The number of unbranched alkanes of at least 4 members (excludes halogenated alkanes) is 1. The van der Waals surface area contributed by atoms with E-state index in [1.54, 1.807) is 0 Å². The van der Waals surface area contributed by atoms with Crippen molar-refractivity contribution in [2.24, 2.45) is 10.7 Å². The Morgan fingerprint density at radius 2 is 1.84 bits per heavy atom. The summed E-state index contributed by atoms with van der Waals surface area (Å²) in [5, 5.41) is 3.15. The topological polar surface area (TPSA) is 56.9 Å². The molecule has 0 aromatic heterocycles. The minimum atomic E-state index is 0. The van der Waals surface area contributed by atoms with Crippen molar-refractivity contribution in [3.05, 3.63) is 35.4 Å². The molecule has 6 heteroatoms. The first-order valence-electron chi connectivity index (χ1n) is 9.20. The van der Waals surface area contributed by atoms with Crippen molar-refractivity contribution in [3.8, 4) is 0 Å². The molecule has 0 spiro atoms. The molecule has 0 amide bonds. The van der Waals surface area contributed by atoms with E-state index in [-0.39, 0.29) is 24.0 Å². The van der Waals surface area contributed by atoms with Gasteiger partial charge in [0.05, 0.1) is 6.54 Å². The molecule has 0 unspecified atom stereocenters. The first-order chi connectivity index (χ1) is 11.7. The molecule has 142 valence electrons. The van der Waals surface area contributed by atoms with Crippen molar-refractivity contribution >= 4 is 29.9 Å². The maximum absolute atomic E-state index is 5.87. The van der Waals surface area contributed by atoms with Crippen LogP contribution >= 0.6 is 24.0 Å². The molecule has 1 aromatic carbocycles. The van der Waals surface area contributed by atoms with Crippen molar-refractivity contribution in [2.45, 2.75) is 39.3 Å². The molecule has 1 saturated heterocycles.